The molecule has 2 aromatic carbocycles. The molecular formula is C27H31N5O2. The Morgan fingerprint density at radius 3 is 2.38 bits per heavy atom. The molecule has 1 amide bonds. The number of hydrogen-bond acceptors (Lipinski definition) is 6. The number of nitrogens with zero attached hydrogens (tertiary/aromatic N) is 3. The molecule has 1 unspecified atom stereocenters. The number of carbonyl (C=O) groups is 1. The standard InChI is InChI=1S/C27H31N5O2/c1-17-22-23(27(2,3)4)20(30-26(33)18-12-8-7-9-13-18)16-29-24(22)31-25(32(17)28-5)19-14-10-11-15-21(19)34-6/h7-16,25,28H,1-6H3,(H,30,33). The smallest absolute Gasteiger partial charge is 0.255 e. The number of carbonyl (C=O) groups excluding carboxylic acids is 1. The summed E-state index contributed by atoms with van der Waals surface area (Å²) in [5, 5.41) is 6.01. The molecule has 0 spiro atoms. The van der Waals surface area contributed by atoms with Gasteiger partial charge in [-0.2, -0.15) is 0 Å². The van der Waals surface area contributed by atoms with Crippen LogP contribution >= 0.6 is 0 Å². The normalized spacial score (nSPS) is 15.4. The van der Waals surface area contributed by atoms with Crippen molar-refractivity contribution in [1.82, 2.24) is 15.4 Å². The number of fused-ring (bicyclic) bond motifs is 1. The Hall–Kier alpha value is -3.71. The lowest BCUT2D eigenvalue weighted by Gasteiger charge is -2.35. The Bertz CT molecular complexity index is 1330. The van der Waals surface area contributed by atoms with Gasteiger partial charge in [-0.15, -0.1) is 0 Å². The van der Waals surface area contributed by atoms with E-state index in [0.29, 0.717) is 16.7 Å². The SMILES string of the molecule is CNN1C(C)=c2c(C(C)(C)C)c(NC(=O)c3ccccc3)cnc2=NC1c1ccccc1OC. The molecule has 7 heteroatoms. The third-order valence-electron chi connectivity index (χ3n) is 5.96. The van der Waals surface area contributed by atoms with Gasteiger partial charge in [-0.1, -0.05) is 57.2 Å². The van der Waals surface area contributed by atoms with Crippen molar-refractivity contribution < 1.29 is 9.53 Å². The van der Waals surface area contributed by atoms with E-state index >= 15 is 0 Å². The average molecular weight is 458 g/mol. The summed E-state index contributed by atoms with van der Waals surface area (Å²) in [4.78, 5) is 22.7. The van der Waals surface area contributed by atoms with Gasteiger partial charge < -0.3 is 10.1 Å². The number of benzene rings is 2. The zero-order valence-corrected chi connectivity index (χ0v) is 20.5. The average Bonchev–Trinajstić information content (AvgIpc) is 2.83. The Morgan fingerprint density at radius 2 is 1.74 bits per heavy atom. The van der Waals surface area contributed by atoms with E-state index < -0.39 is 0 Å². The highest BCUT2D eigenvalue weighted by molar-refractivity contribution is 6.04. The predicted octanol–water partition coefficient (Wildman–Crippen LogP) is 3.54. The van der Waals surface area contributed by atoms with Gasteiger partial charge in [0.1, 0.15) is 5.75 Å². The molecule has 0 radical (unpaired) electrons. The van der Waals surface area contributed by atoms with Gasteiger partial charge in [0.15, 0.2) is 11.7 Å². The molecule has 0 saturated carbocycles. The van der Waals surface area contributed by atoms with Crippen LogP contribution in [0.2, 0.25) is 0 Å². The van der Waals surface area contributed by atoms with Crippen molar-refractivity contribution in [3.8, 4) is 5.75 Å². The molecule has 3 aromatic rings. The van der Waals surface area contributed by atoms with Gasteiger partial charge in [-0.05, 0) is 36.1 Å². The topological polar surface area (TPSA) is 78.9 Å². The van der Waals surface area contributed by atoms with Crippen LogP contribution in [0.3, 0.4) is 0 Å². The van der Waals surface area contributed by atoms with E-state index in [1.807, 2.05) is 61.4 Å². The number of anilines is 1. The van der Waals surface area contributed by atoms with E-state index in [1.54, 1.807) is 25.4 Å². The molecule has 2 N–H and O–H groups in total. The fourth-order valence-electron chi connectivity index (χ4n) is 4.46. The molecule has 0 saturated heterocycles. The summed E-state index contributed by atoms with van der Waals surface area (Å²) in [7, 11) is 3.53. The van der Waals surface area contributed by atoms with Crippen molar-refractivity contribution in [2.24, 2.45) is 4.99 Å². The molecule has 0 aliphatic carbocycles. The van der Waals surface area contributed by atoms with Crippen LogP contribution in [-0.4, -0.2) is 30.1 Å². The molecule has 2 heterocycles. The summed E-state index contributed by atoms with van der Waals surface area (Å²) in [6.07, 6.45) is 1.37. The first-order chi connectivity index (χ1) is 16.3. The Balaban J connectivity index is 1.92. The third kappa shape index (κ3) is 4.26. The van der Waals surface area contributed by atoms with Gasteiger partial charge in [0.2, 0.25) is 0 Å². The minimum absolute atomic E-state index is 0.171. The first-order valence-corrected chi connectivity index (χ1v) is 11.3. The number of methoxy groups -OCH3 is 1. The molecule has 1 aromatic heterocycles. The van der Waals surface area contributed by atoms with Crippen LogP contribution in [0.15, 0.2) is 65.8 Å². The monoisotopic (exact) mass is 457 g/mol. The minimum atomic E-state index is -0.348. The number of para-hydroxylation sites is 1. The maximum Gasteiger partial charge on any atom is 0.255 e. The number of pyridine rings is 1. The van der Waals surface area contributed by atoms with Crippen molar-refractivity contribution in [1.29, 1.82) is 0 Å². The van der Waals surface area contributed by atoms with Crippen LogP contribution in [-0.2, 0) is 5.41 Å². The summed E-state index contributed by atoms with van der Waals surface area (Å²) < 4.78 is 5.61. The van der Waals surface area contributed by atoms with Gasteiger partial charge in [-0.3, -0.25) is 9.80 Å². The third-order valence-corrected chi connectivity index (χ3v) is 5.96. The number of rotatable bonds is 5. The molecule has 1 aliphatic heterocycles. The summed E-state index contributed by atoms with van der Waals surface area (Å²) >= 11 is 0. The van der Waals surface area contributed by atoms with E-state index in [1.165, 1.54) is 0 Å². The zero-order valence-electron chi connectivity index (χ0n) is 20.5. The highest BCUT2D eigenvalue weighted by Crippen LogP contribution is 2.33. The molecule has 4 rings (SSSR count). The van der Waals surface area contributed by atoms with Gasteiger partial charge in [0, 0.05) is 29.1 Å². The van der Waals surface area contributed by atoms with Crippen LogP contribution in [0.4, 0.5) is 5.69 Å². The van der Waals surface area contributed by atoms with Crippen LogP contribution in [0.25, 0.3) is 5.70 Å². The Labute approximate surface area is 200 Å². The predicted molar refractivity (Wildman–Crippen MR) is 134 cm³/mol. The first-order valence-electron chi connectivity index (χ1n) is 11.3. The fraction of sp³-hybridized carbons (Fsp3) is 0.296. The van der Waals surface area contributed by atoms with Gasteiger partial charge in [0.25, 0.3) is 5.91 Å². The molecule has 7 nitrogen and oxygen atoms in total. The van der Waals surface area contributed by atoms with E-state index in [4.69, 9.17) is 14.7 Å². The number of hydrogen-bond donors (Lipinski definition) is 2. The number of ether oxygens (including phenoxy) is 1. The molecule has 1 atom stereocenters. The summed E-state index contributed by atoms with van der Waals surface area (Å²) in [5.41, 5.74) is 7.82. The van der Waals surface area contributed by atoms with Crippen LogP contribution in [0.5, 0.6) is 5.75 Å². The van der Waals surface area contributed by atoms with Crippen molar-refractivity contribution in [3.05, 3.63) is 88.2 Å². The first kappa shape index (κ1) is 23.4. The second-order valence-electron chi connectivity index (χ2n) is 9.24. The Kier molecular flexibility index (Phi) is 6.39. The van der Waals surface area contributed by atoms with Crippen molar-refractivity contribution in [2.45, 2.75) is 39.3 Å². The van der Waals surface area contributed by atoms with Crippen LogP contribution in [0.1, 0.15) is 55.3 Å². The minimum Gasteiger partial charge on any atom is -0.496 e. The maximum absolute atomic E-state index is 13.0. The number of amides is 1. The fourth-order valence-corrected chi connectivity index (χ4v) is 4.46. The molecule has 1 aliphatic rings. The largest absolute Gasteiger partial charge is 0.496 e. The highest BCUT2D eigenvalue weighted by Gasteiger charge is 2.30. The second kappa shape index (κ2) is 9.27. The van der Waals surface area contributed by atoms with Crippen LogP contribution < -0.4 is 26.2 Å². The van der Waals surface area contributed by atoms with Gasteiger partial charge in [0.05, 0.1) is 19.0 Å². The molecule has 34 heavy (non-hydrogen) atoms. The van der Waals surface area contributed by atoms with E-state index in [2.05, 4.69) is 31.5 Å². The lowest BCUT2D eigenvalue weighted by Crippen LogP contribution is -2.50. The highest BCUT2D eigenvalue weighted by atomic mass is 16.5. The van der Waals surface area contributed by atoms with Crippen molar-refractivity contribution in [2.75, 3.05) is 19.5 Å². The maximum atomic E-state index is 13.0. The Morgan fingerprint density at radius 1 is 1.06 bits per heavy atom. The van der Waals surface area contributed by atoms with E-state index in [9.17, 15) is 4.79 Å². The number of aromatic nitrogens is 1. The van der Waals surface area contributed by atoms with E-state index in [-0.39, 0.29) is 17.5 Å². The summed E-state index contributed by atoms with van der Waals surface area (Å²) in [5.74, 6) is 0.589. The van der Waals surface area contributed by atoms with Gasteiger partial charge >= 0.3 is 0 Å². The molecule has 176 valence electrons. The quantitative estimate of drug-likeness (QED) is 0.613. The number of nitrogens with one attached hydrogen (secondary N) is 2. The van der Waals surface area contributed by atoms with Gasteiger partial charge in [-0.25, -0.2) is 15.4 Å². The van der Waals surface area contributed by atoms with Crippen molar-refractivity contribution in [3.63, 3.8) is 0 Å². The van der Waals surface area contributed by atoms with E-state index in [0.717, 1.165) is 27.8 Å². The zero-order chi connectivity index (χ0) is 24.5. The molecular weight excluding hydrogens is 426 g/mol. The number of hydrazine groups is 1. The van der Waals surface area contributed by atoms with Crippen LogP contribution in [0, 0.1) is 0 Å². The summed E-state index contributed by atoms with van der Waals surface area (Å²) in [6.45, 7) is 8.43. The lowest BCUT2D eigenvalue weighted by molar-refractivity contribution is 0.102. The molecule has 0 bridgehead atoms. The second-order valence-corrected chi connectivity index (χ2v) is 9.24. The lowest BCUT2D eigenvalue weighted by atomic mass is 9.84. The van der Waals surface area contributed by atoms with Crippen molar-refractivity contribution >= 4 is 17.3 Å². The summed E-state index contributed by atoms with van der Waals surface area (Å²) in [6, 6.07) is 17.0. The molecule has 0 fully saturated rings.